The second-order valence-corrected chi connectivity index (χ2v) is 6.25. The third-order valence-corrected chi connectivity index (χ3v) is 4.30. The molecule has 0 atom stereocenters. The molecule has 1 aliphatic carbocycles. The number of rotatable bonds is 6. The molecule has 136 valence electrons. The van der Waals surface area contributed by atoms with Crippen molar-refractivity contribution in [1.82, 2.24) is 10.6 Å². The summed E-state index contributed by atoms with van der Waals surface area (Å²) in [5.41, 5.74) is 0.0355. The van der Waals surface area contributed by atoms with E-state index in [0.29, 0.717) is 31.0 Å². The molecular weight excluding hydrogens is 420 g/mol. The zero-order chi connectivity index (χ0) is 16.5. The predicted molar refractivity (Wildman–Crippen MR) is 108 cm³/mol. The monoisotopic (exact) mass is 449 g/mol. The van der Waals surface area contributed by atoms with Gasteiger partial charge < -0.3 is 15.7 Å². The SMILES string of the molecule is CCNC(=NCC1(O)CCCCC1)NCCc1ccccc1F.I. The molecule has 1 fully saturated rings. The lowest BCUT2D eigenvalue weighted by atomic mass is 9.85. The maximum Gasteiger partial charge on any atom is 0.191 e. The first-order valence-electron chi connectivity index (χ1n) is 8.61. The minimum absolute atomic E-state index is 0. The number of aliphatic imine (C=N–C) groups is 1. The highest BCUT2D eigenvalue weighted by Gasteiger charge is 2.28. The molecule has 4 nitrogen and oxygen atoms in total. The van der Waals surface area contributed by atoms with Crippen LogP contribution in [0.15, 0.2) is 29.3 Å². The largest absolute Gasteiger partial charge is 0.388 e. The van der Waals surface area contributed by atoms with E-state index < -0.39 is 5.60 Å². The van der Waals surface area contributed by atoms with Gasteiger partial charge in [0.25, 0.3) is 0 Å². The van der Waals surface area contributed by atoms with Gasteiger partial charge in [0.15, 0.2) is 5.96 Å². The molecule has 1 aromatic rings. The number of halogens is 2. The Labute approximate surface area is 161 Å². The lowest BCUT2D eigenvalue weighted by Crippen LogP contribution is -2.41. The molecule has 24 heavy (non-hydrogen) atoms. The van der Waals surface area contributed by atoms with Crippen molar-refractivity contribution in [3.05, 3.63) is 35.6 Å². The van der Waals surface area contributed by atoms with Gasteiger partial charge in [-0.25, -0.2) is 4.39 Å². The Morgan fingerprint density at radius 1 is 1.21 bits per heavy atom. The number of benzene rings is 1. The Morgan fingerprint density at radius 3 is 2.58 bits per heavy atom. The van der Waals surface area contributed by atoms with Crippen LogP contribution in [0.1, 0.15) is 44.6 Å². The molecule has 6 heteroatoms. The zero-order valence-electron chi connectivity index (χ0n) is 14.4. The molecule has 1 saturated carbocycles. The summed E-state index contributed by atoms with van der Waals surface area (Å²) >= 11 is 0. The molecule has 0 spiro atoms. The Kier molecular flexibility index (Phi) is 9.58. The summed E-state index contributed by atoms with van der Waals surface area (Å²) < 4.78 is 13.6. The van der Waals surface area contributed by atoms with Crippen LogP contribution in [0.3, 0.4) is 0 Å². The molecule has 0 amide bonds. The Bertz CT molecular complexity index is 519. The van der Waals surface area contributed by atoms with Crippen LogP contribution < -0.4 is 10.6 Å². The number of nitrogens with zero attached hydrogens (tertiary/aromatic N) is 1. The van der Waals surface area contributed by atoms with Gasteiger partial charge in [0.1, 0.15) is 5.82 Å². The molecule has 3 N–H and O–H groups in total. The molecule has 1 aromatic carbocycles. The summed E-state index contributed by atoms with van der Waals surface area (Å²) in [5.74, 6) is 0.510. The fraction of sp³-hybridized carbons (Fsp3) is 0.611. The van der Waals surface area contributed by atoms with Gasteiger partial charge >= 0.3 is 0 Å². The average Bonchev–Trinajstić information content (AvgIpc) is 2.55. The van der Waals surface area contributed by atoms with Crippen LogP contribution in [-0.2, 0) is 6.42 Å². The molecule has 0 aliphatic heterocycles. The van der Waals surface area contributed by atoms with Crippen molar-refractivity contribution < 1.29 is 9.50 Å². The van der Waals surface area contributed by atoms with Crippen molar-refractivity contribution in [2.75, 3.05) is 19.6 Å². The first-order chi connectivity index (χ1) is 11.1. The highest BCUT2D eigenvalue weighted by Crippen LogP contribution is 2.28. The van der Waals surface area contributed by atoms with Gasteiger partial charge in [-0.1, -0.05) is 37.5 Å². The van der Waals surface area contributed by atoms with Crippen molar-refractivity contribution in [3.8, 4) is 0 Å². The van der Waals surface area contributed by atoms with Gasteiger partial charge in [0, 0.05) is 13.1 Å². The van der Waals surface area contributed by atoms with Crippen LogP contribution in [-0.4, -0.2) is 36.3 Å². The van der Waals surface area contributed by atoms with Crippen LogP contribution in [0.25, 0.3) is 0 Å². The Morgan fingerprint density at radius 2 is 1.92 bits per heavy atom. The summed E-state index contributed by atoms with van der Waals surface area (Å²) in [7, 11) is 0. The second kappa shape index (κ2) is 10.9. The van der Waals surface area contributed by atoms with Gasteiger partial charge in [-0.05, 0) is 37.8 Å². The number of hydrogen-bond acceptors (Lipinski definition) is 2. The highest BCUT2D eigenvalue weighted by atomic mass is 127. The van der Waals surface area contributed by atoms with Crippen LogP contribution >= 0.6 is 24.0 Å². The molecule has 1 aliphatic rings. The molecule has 0 radical (unpaired) electrons. The molecule has 0 aromatic heterocycles. The van der Waals surface area contributed by atoms with E-state index in [0.717, 1.165) is 32.2 Å². The minimum atomic E-state index is -0.661. The van der Waals surface area contributed by atoms with E-state index in [1.54, 1.807) is 12.1 Å². The van der Waals surface area contributed by atoms with Crippen LogP contribution in [0.5, 0.6) is 0 Å². The third kappa shape index (κ3) is 6.93. The smallest absolute Gasteiger partial charge is 0.191 e. The van der Waals surface area contributed by atoms with Crippen molar-refractivity contribution in [2.45, 2.75) is 51.0 Å². The Hall–Kier alpha value is -0.890. The van der Waals surface area contributed by atoms with E-state index in [1.807, 2.05) is 13.0 Å². The average molecular weight is 449 g/mol. The first-order valence-corrected chi connectivity index (χ1v) is 8.61. The summed E-state index contributed by atoms with van der Waals surface area (Å²) in [5, 5.41) is 16.9. The predicted octanol–water partition coefficient (Wildman–Crippen LogP) is 3.24. The van der Waals surface area contributed by atoms with E-state index in [1.165, 1.54) is 12.5 Å². The summed E-state index contributed by atoms with van der Waals surface area (Å²) in [6.07, 6.45) is 5.59. The lowest BCUT2D eigenvalue weighted by Gasteiger charge is -2.30. The standard InChI is InChI=1S/C18H28FN3O.HI/c1-2-20-17(22-14-18(23)11-6-3-7-12-18)21-13-10-15-8-4-5-9-16(15)19;/h4-5,8-9,23H,2-3,6-7,10-14H2,1H3,(H2,20,21,22);1H. The van der Waals surface area contributed by atoms with Gasteiger partial charge in [-0.2, -0.15) is 0 Å². The maximum atomic E-state index is 13.6. The molecular formula is C18H29FIN3O. The van der Waals surface area contributed by atoms with E-state index in [9.17, 15) is 9.50 Å². The van der Waals surface area contributed by atoms with Crippen molar-refractivity contribution >= 4 is 29.9 Å². The van der Waals surface area contributed by atoms with Crippen LogP contribution in [0, 0.1) is 5.82 Å². The molecule has 0 bridgehead atoms. The topological polar surface area (TPSA) is 56.7 Å². The quantitative estimate of drug-likeness (QED) is 0.355. The van der Waals surface area contributed by atoms with Gasteiger partial charge in [-0.3, -0.25) is 4.99 Å². The molecule has 2 rings (SSSR count). The molecule has 0 saturated heterocycles. The highest BCUT2D eigenvalue weighted by molar-refractivity contribution is 14.0. The number of nitrogens with one attached hydrogen (secondary N) is 2. The number of guanidine groups is 1. The van der Waals surface area contributed by atoms with Crippen molar-refractivity contribution in [1.29, 1.82) is 0 Å². The zero-order valence-corrected chi connectivity index (χ0v) is 16.7. The third-order valence-electron chi connectivity index (χ3n) is 4.30. The van der Waals surface area contributed by atoms with E-state index >= 15 is 0 Å². The lowest BCUT2D eigenvalue weighted by molar-refractivity contribution is 0.0131. The van der Waals surface area contributed by atoms with Gasteiger partial charge in [-0.15, -0.1) is 24.0 Å². The fourth-order valence-electron chi connectivity index (χ4n) is 2.95. The molecule has 0 heterocycles. The number of aliphatic hydroxyl groups is 1. The normalized spacial score (nSPS) is 17.0. The van der Waals surface area contributed by atoms with Gasteiger partial charge in [0.05, 0.1) is 12.1 Å². The minimum Gasteiger partial charge on any atom is -0.388 e. The second-order valence-electron chi connectivity index (χ2n) is 6.25. The van der Waals surface area contributed by atoms with E-state index in [-0.39, 0.29) is 29.8 Å². The maximum absolute atomic E-state index is 13.6. The van der Waals surface area contributed by atoms with Crippen LogP contribution in [0.2, 0.25) is 0 Å². The molecule has 0 unspecified atom stereocenters. The van der Waals surface area contributed by atoms with Crippen molar-refractivity contribution in [2.24, 2.45) is 4.99 Å². The van der Waals surface area contributed by atoms with Crippen molar-refractivity contribution in [3.63, 3.8) is 0 Å². The summed E-state index contributed by atoms with van der Waals surface area (Å²) in [6, 6.07) is 6.82. The van der Waals surface area contributed by atoms with E-state index in [2.05, 4.69) is 15.6 Å². The van der Waals surface area contributed by atoms with Gasteiger partial charge in [0.2, 0.25) is 0 Å². The Balaban J connectivity index is 0.00000288. The fourth-order valence-corrected chi connectivity index (χ4v) is 2.95. The first kappa shape index (κ1) is 21.2. The van der Waals surface area contributed by atoms with Crippen LogP contribution in [0.4, 0.5) is 4.39 Å². The van der Waals surface area contributed by atoms with E-state index in [4.69, 9.17) is 0 Å². The summed E-state index contributed by atoms with van der Waals surface area (Å²) in [4.78, 5) is 4.51. The number of hydrogen-bond donors (Lipinski definition) is 3. The summed E-state index contributed by atoms with van der Waals surface area (Å²) in [6.45, 7) is 3.78.